The first-order chi connectivity index (χ1) is 10.2. The molecule has 0 saturated heterocycles. The fourth-order valence-electron chi connectivity index (χ4n) is 1.70. The van der Waals surface area contributed by atoms with Gasteiger partial charge in [0.25, 0.3) is 5.91 Å². The molecule has 0 aromatic heterocycles. The van der Waals surface area contributed by atoms with Crippen LogP contribution in [0.2, 0.25) is 0 Å². The highest BCUT2D eigenvalue weighted by Crippen LogP contribution is 2.20. The van der Waals surface area contributed by atoms with E-state index >= 15 is 0 Å². The molecule has 0 fully saturated rings. The first-order valence-corrected chi connectivity index (χ1v) is 7.26. The zero-order valence-corrected chi connectivity index (χ0v) is 12.3. The number of rotatable bonds is 5. The number of carbonyl (C=O) groups is 1. The summed E-state index contributed by atoms with van der Waals surface area (Å²) in [4.78, 5) is 13.1. The van der Waals surface area contributed by atoms with Crippen LogP contribution in [0.4, 0.5) is 5.69 Å². The van der Waals surface area contributed by atoms with Gasteiger partial charge in [0.1, 0.15) is 5.75 Å². The highest BCUT2D eigenvalue weighted by molar-refractivity contribution is 7.99. The fourth-order valence-corrected chi connectivity index (χ4v) is 2.26. The molecule has 2 aromatic carbocycles. The van der Waals surface area contributed by atoms with Crippen molar-refractivity contribution in [3.8, 4) is 11.8 Å². The Morgan fingerprint density at radius 1 is 1.19 bits per heavy atom. The first-order valence-electron chi connectivity index (χ1n) is 6.28. The first kappa shape index (κ1) is 14.9. The molecule has 0 saturated carbocycles. The number of anilines is 1. The van der Waals surface area contributed by atoms with Crippen molar-refractivity contribution in [2.24, 2.45) is 0 Å². The number of hydrogen-bond donors (Lipinski definition) is 1. The summed E-state index contributed by atoms with van der Waals surface area (Å²) in [5.74, 6) is 0.956. The number of nitriles is 1. The van der Waals surface area contributed by atoms with Gasteiger partial charge >= 0.3 is 0 Å². The number of carbonyl (C=O) groups excluding carboxylic acids is 1. The Labute approximate surface area is 127 Å². The third-order valence-electron chi connectivity index (χ3n) is 2.77. The van der Waals surface area contributed by atoms with Gasteiger partial charge in [-0.2, -0.15) is 5.26 Å². The van der Waals surface area contributed by atoms with Crippen LogP contribution < -0.4 is 10.1 Å². The molecule has 0 aliphatic heterocycles. The predicted octanol–water partition coefficient (Wildman–Crippen LogP) is 3.56. The van der Waals surface area contributed by atoms with Crippen LogP contribution in [0, 0.1) is 11.3 Å². The van der Waals surface area contributed by atoms with Crippen LogP contribution >= 0.6 is 11.8 Å². The minimum atomic E-state index is -0.171. The lowest BCUT2D eigenvalue weighted by atomic mass is 10.2. The molecule has 0 atom stereocenters. The zero-order valence-electron chi connectivity index (χ0n) is 11.5. The summed E-state index contributed by atoms with van der Waals surface area (Å²) >= 11 is 1.46. The molecule has 0 unspecified atom stereocenters. The van der Waals surface area contributed by atoms with Crippen LogP contribution in [-0.4, -0.2) is 18.8 Å². The minimum Gasteiger partial charge on any atom is -0.497 e. The van der Waals surface area contributed by atoms with E-state index < -0.39 is 0 Å². The van der Waals surface area contributed by atoms with Gasteiger partial charge in [0.05, 0.1) is 18.9 Å². The maximum absolute atomic E-state index is 12.1. The fraction of sp³-hybridized carbons (Fsp3) is 0.125. The predicted molar refractivity (Wildman–Crippen MR) is 83.7 cm³/mol. The van der Waals surface area contributed by atoms with E-state index in [2.05, 4.69) is 11.4 Å². The third-order valence-corrected chi connectivity index (χ3v) is 3.65. The Kier molecular flexibility index (Phi) is 5.24. The average Bonchev–Trinajstić information content (AvgIpc) is 2.54. The summed E-state index contributed by atoms with van der Waals surface area (Å²) in [5, 5.41) is 11.4. The summed E-state index contributed by atoms with van der Waals surface area (Å²) in [6.07, 6.45) is 0. The van der Waals surface area contributed by atoms with E-state index in [1.54, 1.807) is 31.4 Å². The Bertz CT molecular complexity index is 645. The van der Waals surface area contributed by atoms with Gasteiger partial charge in [-0.25, -0.2) is 0 Å². The average molecular weight is 298 g/mol. The molecule has 0 spiro atoms. The van der Waals surface area contributed by atoms with Gasteiger partial charge < -0.3 is 10.1 Å². The molecular weight excluding hydrogens is 284 g/mol. The lowest BCUT2D eigenvalue weighted by molar-refractivity contribution is 0.102. The van der Waals surface area contributed by atoms with Gasteiger partial charge in [-0.1, -0.05) is 0 Å². The molecule has 0 aliphatic carbocycles. The summed E-state index contributed by atoms with van der Waals surface area (Å²) in [6, 6.07) is 16.4. The summed E-state index contributed by atoms with van der Waals surface area (Å²) < 4.78 is 5.06. The van der Waals surface area contributed by atoms with E-state index in [0.29, 0.717) is 17.1 Å². The topological polar surface area (TPSA) is 62.1 Å². The largest absolute Gasteiger partial charge is 0.497 e. The van der Waals surface area contributed by atoms with Gasteiger partial charge in [0, 0.05) is 16.1 Å². The van der Waals surface area contributed by atoms with E-state index in [0.717, 1.165) is 10.6 Å². The van der Waals surface area contributed by atoms with E-state index in [1.807, 2.05) is 24.3 Å². The third kappa shape index (κ3) is 4.26. The normalized spacial score (nSPS) is 9.71. The maximum atomic E-state index is 12.1. The van der Waals surface area contributed by atoms with Crippen molar-refractivity contribution in [3.63, 3.8) is 0 Å². The number of methoxy groups -OCH3 is 1. The Hall–Kier alpha value is -2.45. The van der Waals surface area contributed by atoms with Crippen molar-refractivity contribution in [2.75, 3.05) is 18.2 Å². The molecule has 4 nitrogen and oxygen atoms in total. The van der Waals surface area contributed by atoms with Crippen LogP contribution in [0.1, 0.15) is 10.4 Å². The molecule has 5 heteroatoms. The van der Waals surface area contributed by atoms with E-state index in [-0.39, 0.29) is 5.91 Å². The number of thioether (sulfide) groups is 1. The second kappa shape index (κ2) is 7.36. The molecule has 106 valence electrons. The highest BCUT2D eigenvalue weighted by atomic mass is 32.2. The number of benzene rings is 2. The van der Waals surface area contributed by atoms with Crippen molar-refractivity contribution in [1.82, 2.24) is 0 Å². The van der Waals surface area contributed by atoms with Crippen molar-refractivity contribution in [3.05, 3.63) is 54.1 Å². The molecule has 1 N–H and O–H groups in total. The zero-order chi connectivity index (χ0) is 15.1. The number of hydrogen-bond acceptors (Lipinski definition) is 4. The Morgan fingerprint density at radius 2 is 1.86 bits per heavy atom. The summed E-state index contributed by atoms with van der Waals surface area (Å²) in [6.45, 7) is 0. The smallest absolute Gasteiger partial charge is 0.255 e. The van der Waals surface area contributed by atoms with Crippen molar-refractivity contribution in [2.45, 2.75) is 4.90 Å². The second-order valence-electron chi connectivity index (χ2n) is 4.15. The molecule has 0 heterocycles. The van der Waals surface area contributed by atoms with Crippen LogP contribution in [0.3, 0.4) is 0 Å². The highest BCUT2D eigenvalue weighted by Gasteiger charge is 2.06. The van der Waals surface area contributed by atoms with Crippen LogP contribution in [-0.2, 0) is 0 Å². The standard InChI is InChI=1S/C16H14N2O2S/c1-20-14-6-2-12(3-7-14)16(19)18-13-4-8-15(9-5-13)21-11-10-17/h2-9H,11H2,1H3,(H,18,19). The number of nitrogens with one attached hydrogen (secondary N) is 1. The van der Waals surface area contributed by atoms with Gasteiger partial charge in [0.15, 0.2) is 0 Å². The lowest BCUT2D eigenvalue weighted by Gasteiger charge is -2.07. The van der Waals surface area contributed by atoms with Crippen LogP contribution in [0.5, 0.6) is 5.75 Å². The minimum absolute atomic E-state index is 0.171. The number of ether oxygens (including phenoxy) is 1. The van der Waals surface area contributed by atoms with Gasteiger partial charge in [-0.3, -0.25) is 4.79 Å². The van der Waals surface area contributed by atoms with Crippen LogP contribution in [0.15, 0.2) is 53.4 Å². The molecular formula is C16H14N2O2S. The molecule has 21 heavy (non-hydrogen) atoms. The van der Waals surface area contributed by atoms with Gasteiger partial charge in [-0.15, -0.1) is 11.8 Å². The summed E-state index contributed by atoms with van der Waals surface area (Å²) in [5.41, 5.74) is 1.29. The molecule has 2 rings (SSSR count). The molecule has 2 aromatic rings. The number of amides is 1. The molecule has 1 amide bonds. The Balaban J connectivity index is 2.00. The monoisotopic (exact) mass is 298 g/mol. The van der Waals surface area contributed by atoms with Crippen molar-refractivity contribution >= 4 is 23.4 Å². The van der Waals surface area contributed by atoms with Gasteiger partial charge in [0.2, 0.25) is 0 Å². The van der Waals surface area contributed by atoms with E-state index in [4.69, 9.17) is 10.00 Å². The molecule has 0 radical (unpaired) electrons. The number of nitrogens with zero attached hydrogens (tertiary/aromatic N) is 1. The van der Waals surface area contributed by atoms with Gasteiger partial charge in [-0.05, 0) is 48.5 Å². The lowest BCUT2D eigenvalue weighted by Crippen LogP contribution is -2.11. The van der Waals surface area contributed by atoms with Crippen molar-refractivity contribution in [1.29, 1.82) is 5.26 Å². The molecule has 0 aliphatic rings. The second-order valence-corrected chi connectivity index (χ2v) is 5.20. The van der Waals surface area contributed by atoms with E-state index in [1.165, 1.54) is 11.8 Å². The van der Waals surface area contributed by atoms with Crippen molar-refractivity contribution < 1.29 is 9.53 Å². The maximum Gasteiger partial charge on any atom is 0.255 e. The SMILES string of the molecule is COc1ccc(C(=O)Nc2ccc(SCC#N)cc2)cc1. The quantitative estimate of drug-likeness (QED) is 0.857. The van der Waals surface area contributed by atoms with E-state index in [9.17, 15) is 4.79 Å². The van der Waals surface area contributed by atoms with Crippen LogP contribution in [0.25, 0.3) is 0 Å². The summed E-state index contributed by atoms with van der Waals surface area (Å²) in [7, 11) is 1.58. The Morgan fingerprint density at radius 3 is 2.43 bits per heavy atom. The molecule has 0 bridgehead atoms.